The van der Waals surface area contributed by atoms with Crippen molar-refractivity contribution in [1.29, 1.82) is 0 Å². The van der Waals surface area contributed by atoms with Crippen molar-refractivity contribution in [3.63, 3.8) is 0 Å². The highest BCUT2D eigenvalue weighted by molar-refractivity contribution is 7.89. The number of aromatic carboxylic acids is 1. The number of carboxylic acids is 1. The molecule has 0 atom stereocenters. The molecular formula is C11H15NO6S. The van der Waals surface area contributed by atoms with Gasteiger partial charge in [-0.05, 0) is 18.2 Å². The number of methoxy groups -OCH3 is 2. The number of sulfonamides is 1. The maximum Gasteiger partial charge on any atom is 0.335 e. The molecule has 0 aliphatic carbocycles. The number of hydrogen-bond donors (Lipinski definition) is 2. The maximum absolute atomic E-state index is 11.9. The molecule has 0 saturated heterocycles. The first kappa shape index (κ1) is 15.6. The molecule has 1 aromatic carbocycles. The van der Waals surface area contributed by atoms with Crippen LogP contribution in [0.4, 0.5) is 0 Å². The standard InChI is InChI=1S/C11H15NO6S/c1-17-10(18-2)7-12-19(15,16)9-5-3-4-8(6-9)11(13)14/h3-6,10,12H,7H2,1-2H3,(H,13,14). The van der Waals surface area contributed by atoms with E-state index in [0.717, 1.165) is 6.07 Å². The van der Waals surface area contributed by atoms with Gasteiger partial charge in [-0.3, -0.25) is 0 Å². The molecule has 0 radical (unpaired) electrons. The number of ether oxygens (including phenoxy) is 2. The van der Waals surface area contributed by atoms with E-state index in [2.05, 4.69) is 4.72 Å². The predicted molar refractivity (Wildman–Crippen MR) is 66.4 cm³/mol. The van der Waals surface area contributed by atoms with Crippen LogP contribution in [-0.2, 0) is 19.5 Å². The molecule has 0 amide bonds. The summed E-state index contributed by atoms with van der Waals surface area (Å²) in [6.07, 6.45) is -0.711. The van der Waals surface area contributed by atoms with Gasteiger partial charge in [-0.15, -0.1) is 0 Å². The summed E-state index contributed by atoms with van der Waals surface area (Å²) in [4.78, 5) is 10.7. The van der Waals surface area contributed by atoms with E-state index >= 15 is 0 Å². The number of hydrogen-bond acceptors (Lipinski definition) is 5. The van der Waals surface area contributed by atoms with Crippen LogP contribution in [0.3, 0.4) is 0 Å². The monoisotopic (exact) mass is 289 g/mol. The van der Waals surface area contributed by atoms with Crippen LogP contribution in [0.15, 0.2) is 29.2 Å². The Bertz CT molecular complexity index is 538. The average Bonchev–Trinajstić information content (AvgIpc) is 2.40. The summed E-state index contributed by atoms with van der Waals surface area (Å²) in [5, 5.41) is 8.81. The molecule has 1 aromatic rings. The van der Waals surface area contributed by atoms with Crippen LogP contribution in [-0.4, -0.2) is 46.5 Å². The Morgan fingerprint density at radius 1 is 1.37 bits per heavy atom. The molecule has 0 heterocycles. The summed E-state index contributed by atoms with van der Waals surface area (Å²) in [7, 11) is -1.04. The predicted octanol–water partition coefficient (Wildman–Crippen LogP) is 0.282. The van der Waals surface area contributed by atoms with Gasteiger partial charge >= 0.3 is 5.97 Å². The largest absolute Gasteiger partial charge is 0.478 e. The first-order valence-electron chi connectivity index (χ1n) is 5.29. The van der Waals surface area contributed by atoms with Crippen molar-refractivity contribution < 1.29 is 27.8 Å². The molecule has 106 valence electrons. The van der Waals surface area contributed by atoms with Gasteiger partial charge in [-0.1, -0.05) is 6.07 Å². The van der Waals surface area contributed by atoms with Crippen molar-refractivity contribution in [3.05, 3.63) is 29.8 Å². The Morgan fingerprint density at radius 2 is 2.00 bits per heavy atom. The van der Waals surface area contributed by atoms with E-state index in [1.165, 1.54) is 32.4 Å². The smallest absolute Gasteiger partial charge is 0.335 e. The van der Waals surface area contributed by atoms with Crippen molar-refractivity contribution >= 4 is 16.0 Å². The Hall–Kier alpha value is -1.48. The zero-order valence-corrected chi connectivity index (χ0v) is 11.3. The zero-order valence-electron chi connectivity index (χ0n) is 10.5. The first-order chi connectivity index (χ1) is 8.90. The topological polar surface area (TPSA) is 102 Å². The summed E-state index contributed by atoms with van der Waals surface area (Å²) in [6.45, 7) is -0.0768. The fourth-order valence-electron chi connectivity index (χ4n) is 1.32. The normalized spacial score (nSPS) is 11.7. The Labute approximate surface area is 111 Å². The van der Waals surface area contributed by atoms with Crippen molar-refractivity contribution in [2.24, 2.45) is 0 Å². The lowest BCUT2D eigenvalue weighted by atomic mass is 10.2. The lowest BCUT2D eigenvalue weighted by Crippen LogP contribution is -2.34. The molecule has 0 fully saturated rings. The van der Waals surface area contributed by atoms with E-state index in [-0.39, 0.29) is 17.0 Å². The second-order valence-corrected chi connectivity index (χ2v) is 5.35. The van der Waals surface area contributed by atoms with Crippen molar-refractivity contribution in [3.8, 4) is 0 Å². The molecule has 2 N–H and O–H groups in total. The summed E-state index contributed by atoms with van der Waals surface area (Å²) in [5.74, 6) is -1.19. The first-order valence-corrected chi connectivity index (χ1v) is 6.77. The van der Waals surface area contributed by atoms with Crippen LogP contribution in [0, 0.1) is 0 Å². The minimum atomic E-state index is -3.80. The van der Waals surface area contributed by atoms with Gasteiger partial charge in [-0.25, -0.2) is 17.9 Å². The van der Waals surface area contributed by atoms with Crippen LogP contribution >= 0.6 is 0 Å². The fraction of sp³-hybridized carbons (Fsp3) is 0.364. The van der Waals surface area contributed by atoms with E-state index in [0.29, 0.717) is 0 Å². The quantitative estimate of drug-likeness (QED) is 0.699. The SMILES string of the molecule is COC(CNS(=O)(=O)c1cccc(C(=O)O)c1)OC. The minimum absolute atomic E-state index is 0.0768. The highest BCUT2D eigenvalue weighted by Crippen LogP contribution is 2.11. The maximum atomic E-state index is 11.9. The van der Waals surface area contributed by atoms with Crippen LogP contribution in [0.5, 0.6) is 0 Å². The summed E-state index contributed by atoms with van der Waals surface area (Å²) in [6, 6.07) is 5.07. The minimum Gasteiger partial charge on any atom is -0.478 e. The van der Waals surface area contributed by atoms with Gasteiger partial charge in [0.15, 0.2) is 6.29 Å². The van der Waals surface area contributed by atoms with Gasteiger partial charge in [0.25, 0.3) is 0 Å². The molecule has 0 saturated carbocycles. The van der Waals surface area contributed by atoms with Gasteiger partial charge in [0.2, 0.25) is 10.0 Å². The van der Waals surface area contributed by atoms with Crippen LogP contribution in [0.2, 0.25) is 0 Å². The fourth-order valence-corrected chi connectivity index (χ4v) is 2.38. The average molecular weight is 289 g/mol. The Morgan fingerprint density at radius 3 is 2.53 bits per heavy atom. The van der Waals surface area contributed by atoms with Gasteiger partial charge < -0.3 is 14.6 Å². The van der Waals surface area contributed by atoms with E-state index in [1.54, 1.807) is 0 Å². The molecule has 1 rings (SSSR count). The molecule has 19 heavy (non-hydrogen) atoms. The molecule has 0 aromatic heterocycles. The van der Waals surface area contributed by atoms with Gasteiger partial charge in [-0.2, -0.15) is 0 Å². The molecule has 0 spiro atoms. The molecule has 0 aliphatic rings. The van der Waals surface area contributed by atoms with Crippen molar-refractivity contribution in [2.75, 3.05) is 20.8 Å². The lowest BCUT2D eigenvalue weighted by molar-refractivity contribution is -0.0960. The van der Waals surface area contributed by atoms with Crippen LogP contribution in [0.1, 0.15) is 10.4 Å². The second kappa shape index (κ2) is 6.62. The highest BCUT2D eigenvalue weighted by atomic mass is 32.2. The molecule has 7 nitrogen and oxygen atoms in total. The number of carbonyl (C=O) groups is 1. The zero-order chi connectivity index (χ0) is 14.5. The molecular weight excluding hydrogens is 274 g/mol. The van der Waals surface area contributed by atoms with E-state index in [4.69, 9.17) is 14.6 Å². The molecule has 8 heteroatoms. The Kier molecular flexibility index (Phi) is 5.43. The molecule has 0 bridgehead atoms. The summed E-state index contributed by atoms with van der Waals surface area (Å²) in [5.41, 5.74) is -0.0992. The van der Waals surface area contributed by atoms with Gasteiger partial charge in [0.1, 0.15) is 0 Å². The van der Waals surface area contributed by atoms with Crippen LogP contribution < -0.4 is 4.72 Å². The Balaban J connectivity index is 2.88. The third kappa shape index (κ3) is 4.28. The van der Waals surface area contributed by atoms with Gasteiger partial charge in [0, 0.05) is 14.2 Å². The van der Waals surface area contributed by atoms with Crippen molar-refractivity contribution in [1.82, 2.24) is 4.72 Å². The number of carboxylic acid groups (broad SMARTS) is 1. The van der Waals surface area contributed by atoms with Crippen LogP contribution in [0.25, 0.3) is 0 Å². The molecule has 0 unspecified atom stereocenters. The lowest BCUT2D eigenvalue weighted by Gasteiger charge is -2.14. The van der Waals surface area contributed by atoms with E-state index in [1.807, 2.05) is 0 Å². The third-order valence-corrected chi connectivity index (χ3v) is 3.78. The highest BCUT2D eigenvalue weighted by Gasteiger charge is 2.17. The summed E-state index contributed by atoms with van der Waals surface area (Å²) < 4.78 is 35.8. The second-order valence-electron chi connectivity index (χ2n) is 3.59. The third-order valence-electron chi connectivity index (χ3n) is 2.36. The van der Waals surface area contributed by atoms with E-state index < -0.39 is 22.3 Å². The number of benzene rings is 1. The van der Waals surface area contributed by atoms with E-state index in [9.17, 15) is 13.2 Å². The summed E-state index contributed by atoms with van der Waals surface area (Å²) >= 11 is 0. The number of nitrogens with one attached hydrogen (secondary N) is 1. The number of rotatable bonds is 7. The van der Waals surface area contributed by atoms with Crippen molar-refractivity contribution in [2.45, 2.75) is 11.2 Å². The van der Waals surface area contributed by atoms with Gasteiger partial charge in [0.05, 0.1) is 17.0 Å². The molecule has 0 aliphatic heterocycles.